The van der Waals surface area contributed by atoms with Crippen molar-refractivity contribution in [2.45, 2.75) is 11.5 Å². The number of halogens is 3. The van der Waals surface area contributed by atoms with Crippen molar-refractivity contribution in [1.82, 2.24) is 0 Å². The van der Waals surface area contributed by atoms with Gasteiger partial charge in [0.1, 0.15) is 11.6 Å². The molecule has 3 nitrogen and oxygen atoms in total. The summed E-state index contributed by atoms with van der Waals surface area (Å²) in [5.74, 6) is -0.819. The fourth-order valence-corrected chi connectivity index (χ4v) is 2.46. The van der Waals surface area contributed by atoms with Crippen molar-refractivity contribution in [3.63, 3.8) is 0 Å². The SMILES string of the molecule is CS(=O)(=O)c1cc(OC(F)F)cc(-c2cccc(F)c2)c1. The lowest BCUT2D eigenvalue weighted by Crippen LogP contribution is -2.04. The first kappa shape index (κ1) is 15.4. The topological polar surface area (TPSA) is 43.4 Å². The van der Waals surface area contributed by atoms with Gasteiger partial charge in [-0.05, 0) is 41.5 Å². The Balaban J connectivity index is 2.60. The monoisotopic (exact) mass is 316 g/mol. The van der Waals surface area contributed by atoms with Gasteiger partial charge >= 0.3 is 6.61 Å². The molecule has 0 heterocycles. The van der Waals surface area contributed by atoms with E-state index in [1.807, 2.05) is 0 Å². The maximum atomic E-state index is 13.2. The van der Waals surface area contributed by atoms with Crippen molar-refractivity contribution < 1.29 is 26.3 Å². The molecule has 0 saturated carbocycles. The molecule has 0 aliphatic heterocycles. The molecule has 0 aromatic heterocycles. The molecule has 0 bridgehead atoms. The van der Waals surface area contributed by atoms with Crippen LogP contribution in [0.5, 0.6) is 5.75 Å². The third-order valence-electron chi connectivity index (χ3n) is 2.69. The van der Waals surface area contributed by atoms with Crippen LogP contribution in [0.3, 0.4) is 0 Å². The van der Waals surface area contributed by atoms with Gasteiger partial charge in [0.15, 0.2) is 9.84 Å². The standard InChI is InChI=1S/C14H11F3O3S/c1-21(18,19)13-7-10(6-12(8-13)20-14(16)17)9-3-2-4-11(15)5-9/h2-8,14H,1H3. The van der Waals surface area contributed by atoms with Gasteiger partial charge in [0.25, 0.3) is 0 Å². The Morgan fingerprint density at radius 2 is 1.76 bits per heavy atom. The normalized spacial score (nSPS) is 11.7. The maximum absolute atomic E-state index is 13.2. The maximum Gasteiger partial charge on any atom is 0.387 e. The molecule has 0 aliphatic carbocycles. The average molecular weight is 316 g/mol. The molecule has 0 atom stereocenters. The van der Waals surface area contributed by atoms with Gasteiger partial charge in [0.2, 0.25) is 0 Å². The predicted molar refractivity (Wildman–Crippen MR) is 71.6 cm³/mol. The quantitative estimate of drug-likeness (QED) is 0.867. The van der Waals surface area contributed by atoms with E-state index >= 15 is 0 Å². The molecular weight excluding hydrogens is 305 g/mol. The van der Waals surface area contributed by atoms with Crippen molar-refractivity contribution in [2.24, 2.45) is 0 Å². The van der Waals surface area contributed by atoms with E-state index in [2.05, 4.69) is 4.74 Å². The summed E-state index contributed by atoms with van der Waals surface area (Å²) < 4.78 is 65.3. The highest BCUT2D eigenvalue weighted by atomic mass is 32.2. The number of hydrogen-bond donors (Lipinski definition) is 0. The van der Waals surface area contributed by atoms with Crippen molar-refractivity contribution in [3.8, 4) is 16.9 Å². The molecule has 0 saturated heterocycles. The van der Waals surface area contributed by atoms with Gasteiger partial charge in [0, 0.05) is 6.26 Å². The van der Waals surface area contributed by atoms with E-state index in [-0.39, 0.29) is 16.2 Å². The molecule has 0 spiro atoms. The van der Waals surface area contributed by atoms with Gasteiger partial charge in [-0.3, -0.25) is 0 Å². The van der Waals surface area contributed by atoms with Crippen LogP contribution < -0.4 is 4.74 Å². The lowest BCUT2D eigenvalue weighted by Gasteiger charge is -2.10. The third-order valence-corrected chi connectivity index (χ3v) is 3.78. The third kappa shape index (κ3) is 3.98. The minimum atomic E-state index is -3.62. The number of ether oxygens (including phenoxy) is 1. The Bertz CT molecular complexity index is 758. The number of hydrogen-bond acceptors (Lipinski definition) is 3. The van der Waals surface area contributed by atoms with E-state index in [9.17, 15) is 21.6 Å². The van der Waals surface area contributed by atoms with Gasteiger partial charge in [-0.1, -0.05) is 12.1 Å². The summed E-state index contributed by atoms with van der Waals surface area (Å²) in [4.78, 5) is -0.181. The second-order valence-corrected chi connectivity index (χ2v) is 6.37. The van der Waals surface area contributed by atoms with Crippen molar-refractivity contribution in [2.75, 3.05) is 6.26 Å². The molecule has 0 aliphatic rings. The lowest BCUT2D eigenvalue weighted by molar-refractivity contribution is -0.0499. The van der Waals surface area contributed by atoms with E-state index < -0.39 is 22.3 Å². The second-order valence-electron chi connectivity index (χ2n) is 4.35. The summed E-state index contributed by atoms with van der Waals surface area (Å²) in [5.41, 5.74) is 0.632. The van der Waals surface area contributed by atoms with Crippen LogP contribution in [-0.2, 0) is 9.84 Å². The van der Waals surface area contributed by atoms with E-state index in [0.29, 0.717) is 5.56 Å². The molecule has 112 valence electrons. The Labute approximate surface area is 119 Å². The molecule has 2 rings (SSSR count). The zero-order valence-corrected chi connectivity index (χ0v) is 11.7. The summed E-state index contributed by atoms with van der Waals surface area (Å²) in [5, 5.41) is 0. The zero-order valence-electron chi connectivity index (χ0n) is 10.9. The lowest BCUT2D eigenvalue weighted by atomic mass is 10.1. The first-order valence-corrected chi connectivity index (χ1v) is 7.71. The van der Waals surface area contributed by atoms with Crippen LogP contribution in [0.2, 0.25) is 0 Å². The molecule has 0 unspecified atom stereocenters. The number of sulfone groups is 1. The second kappa shape index (κ2) is 5.77. The van der Waals surface area contributed by atoms with E-state index in [1.54, 1.807) is 0 Å². The largest absolute Gasteiger partial charge is 0.435 e. The summed E-state index contributed by atoms with van der Waals surface area (Å²) in [6.07, 6.45) is 0.948. The summed E-state index contributed by atoms with van der Waals surface area (Å²) in [6, 6.07) is 8.89. The van der Waals surface area contributed by atoms with Gasteiger partial charge in [-0.2, -0.15) is 8.78 Å². The van der Waals surface area contributed by atoms with Crippen LogP contribution in [-0.4, -0.2) is 21.3 Å². The highest BCUT2D eigenvalue weighted by Gasteiger charge is 2.14. The Morgan fingerprint density at radius 3 is 2.33 bits per heavy atom. The van der Waals surface area contributed by atoms with Crippen LogP contribution in [0, 0.1) is 5.82 Å². The molecule has 2 aromatic carbocycles. The summed E-state index contributed by atoms with van der Waals surface area (Å²) in [6.45, 7) is -3.08. The van der Waals surface area contributed by atoms with Gasteiger partial charge in [-0.25, -0.2) is 12.8 Å². The molecule has 21 heavy (non-hydrogen) atoms. The average Bonchev–Trinajstić information content (AvgIpc) is 2.36. The molecule has 7 heteroatoms. The molecular formula is C14H11F3O3S. The first-order chi connectivity index (χ1) is 9.75. The number of rotatable bonds is 4. The van der Waals surface area contributed by atoms with Crippen LogP contribution in [0.15, 0.2) is 47.4 Å². The molecule has 0 N–H and O–H groups in total. The van der Waals surface area contributed by atoms with Gasteiger partial charge < -0.3 is 4.74 Å². The molecule has 0 fully saturated rings. The van der Waals surface area contributed by atoms with Crippen LogP contribution in [0.4, 0.5) is 13.2 Å². The van der Waals surface area contributed by atoms with Crippen LogP contribution >= 0.6 is 0 Å². The van der Waals surface area contributed by atoms with Crippen molar-refractivity contribution in [3.05, 3.63) is 48.3 Å². The fourth-order valence-electron chi connectivity index (χ4n) is 1.79. The van der Waals surface area contributed by atoms with Crippen molar-refractivity contribution >= 4 is 9.84 Å². The van der Waals surface area contributed by atoms with E-state index in [0.717, 1.165) is 12.3 Å². The van der Waals surface area contributed by atoms with E-state index in [4.69, 9.17) is 0 Å². The Morgan fingerprint density at radius 1 is 1.05 bits per heavy atom. The Hall–Kier alpha value is -2.02. The van der Waals surface area contributed by atoms with Gasteiger partial charge in [-0.15, -0.1) is 0 Å². The number of benzene rings is 2. The molecule has 0 radical (unpaired) electrons. The first-order valence-electron chi connectivity index (χ1n) is 5.81. The zero-order chi connectivity index (χ0) is 15.6. The number of alkyl halides is 2. The van der Waals surface area contributed by atoms with Crippen LogP contribution in [0.1, 0.15) is 0 Å². The summed E-state index contributed by atoms with van der Waals surface area (Å²) in [7, 11) is -3.62. The highest BCUT2D eigenvalue weighted by Crippen LogP contribution is 2.29. The highest BCUT2D eigenvalue weighted by molar-refractivity contribution is 7.90. The summed E-state index contributed by atoms with van der Waals surface area (Å²) >= 11 is 0. The predicted octanol–water partition coefficient (Wildman–Crippen LogP) is 3.50. The van der Waals surface area contributed by atoms with Gasteiger partial charge in [0.05, 0.1) is 4.90 Å². The van der Waals surface area contributed by atoms with Crippen molar-refractivity contribution in [1.29, 1.82) is 0 Å². The Kier molecular flexibility index (Phi) is 4.22. The fraction of sp³-hybridized carbons (Fsp3) is 0.143. The minimum absolute atomic E-state index is 0.181. The van der Waals surface area contributed by atoms with Crippen LogP contribution in [0.25, 0.3) is 11.1 Å². The minimum Gasteiger partial charge on any atom is -0.435 e. The molecule has 0 amide bonds. The smallest absolute Gasteiger partial charge is 0.387 e. The van der Waals surface area contributed by atoms with E-state index in [1.165, 1.54) is 36.4 Å². The molecule has 2 aromatic rings.